The van der Waals surface area contributed by atoms with Crippen LogP contribution in [0.25, 0.3) is 10.8 Å². The summed E-state index contributed by atoms with van der Waals surface area (Å²) in [4.78, 5) is 4.19. The average Bonchev–Trinajstić information content (AvgIpc) is 2.16. The average molecular weight is 173 g/mol. The number of anilines is 2. The lowest BCUT2D eigenvalue weighted by Crippen LogP contribution is -1.97. The fourth-order valence-electron chi connectivity index (χ4n) is 1.41. The predicted octanol–water partition coefficient (Wildman–Crippen LogP) is 1.86. The van der Waals surface area contributed by atoms with Crippen LogP contribution in [0.4, 0.5) is 11.6 Å². The van der Waals surface area contributed by atoms with E-state index in [0.29, 0.717) is 5.82 Å². The van der Waals surface area contributed by atoms with Crippen LogP contribution in [0.3, 0.4) is 0 Å². The Balaban J connectivity index is 2.81. The molecule has 0 radical (unpaired) electrons. The van der Waals surface area contributed by atoms with Crippen molar-refractivity contribution in [3.8, 4) is 0 Å². The molecular weight excluding hydrogens is 162 g/mol. The monoisotopic (exact) mass is 173 g/mol. The summed E-state index contributed by atoms with van der Waals surface area (Å²) in [5.74, 6) is 1.37. The maximum absolute atomic E-state index is 5.65. The Morgan fingerprint density at radius 1 is 1.31 bits per heavy atom. The summed E-state index contributed by atoms with van der Waals surface area (Å²) >= 11 is 0. The molecule has 3 N–H and O–H groups in total. The van der Waals surface area contributed by atoms with Crippen molar-refractivity contribution in [2.75, 3.05) is 18.1 Å². The third-order valence-corrected chi connectivity index (χ3v) is 2.00. The van der Waals surface area contributed by atoms with Gasteiger partial charge in [0.05, 0.1) is 0 Å². The van der Waals surface area contributed by atoms with Crippen LogP contribution in [0.5, 0.6) is 0 Å². The summed E-state index contributed by atoms with van der Waals surface area (Å²) in [5.41, 5.74) is 5.65. The number of nitrogens with two attached hydrogens (primary N) is 1. The molecule has 0 amide bonds. The Morgan fingerprint density at radius 2 is 2.08 bits per heavy atom. The second kappa shape index (κ2) is 2.94. The molecule has 66 valence electrons. The van der Waals surface area contributed by atoms with Crippen LogP contribution in [-0.2, 0) is 0 Å². The van der Waals surface area contributed by atoms with E-state index < -0.39 is 0 Å². The number of nitrogen functional groups attached to an aromatic ring is 1. The second-order valence-corrected chi connectivity index (χ2v) is 2.87. The van der Waals surface area contributed by atoms with E-state index in [1.165, 1.54) is 0 Å². The van der Waals surface area contributed by atoms with Gasteiger partial charge in [-0.1, -0.05) is 24.3 Å². The summed E-state index contributed by atoms with van der Waals surface area (Å²) in [6.45, 7) is 0. The first-order valence-electron chi connectivity index (χ1n) is 4.14. The van der Waals surface area contributed by atoms with Crippen molar-refractivity contribution in [1.82, 2.24) is 4.98 Å². The van der Waals surface area contributed by atoms with Crippen LogP contribution in [0, 0.1) is 0 Å². The Bertz CT molecular complexity index is 437. The number of fused-ring (bicyclic) bond motifs is 1. The predicted molar refractivity (Wildman–Crippen MR) is 55.7 cm³/mol. The molecule has 2 aromatic rings. The zero-order valence-corrected chi connectivity index (χ0v) is 7.41. The van der Waals surface area contributed by atoms with Gasteiger partial charge in [-0.2, -0.15) is 0 Å². The molecule has 0 aliphatic carbocycles. The van der Waals surface area contributed by atoms with Crippen molar-refractivity contribution < 1.29 is 0 Å². The number of nitrogens with zero attached hydrogens (tertiary/aromatic N) is 1. The van der Waals surface area contributed by atoms with Gasteiger partial charge in [-0.05, 0) is 11.5 Å². The van der Waals surface area contributed by atoms with Gasteiger partial charge in [0.15, 0.2) is 0 Å². The quantitative estimate of drug-likeness (QED) is 0.692. The van der Waals surface area contributed by atoms with E-state index in [4.69, 9.17) is 5.73 Å². The number of hydrogen-bond donors (Lipinski definition) is 2. The van der Waals surface area contributed by atoms with Gasteiger partial charge < -0.3 is 11.1 Å². The van der Waals surface area contributed by atoms with Crippen molar-refractivity contribution in [2.24, 2.45) is 0 Å². The largest absolute Gasteiger partial charge is 0.384 e. The molecule has 3 heteroatoms. The number of pyridine rings is 1. The van der Waals surface area contributed by atoms with E-state index in [1.54, 1.807) is 0 Å². The molecule has 0 aliphatic rings. The molecule has 0 spiro atoms. The molecule has 1 aromatic carbocycles. The van der Waals surface area contributed by atoms with Gasteiger partial charge in [0.2, 0.25) is 0 Å². The van der Waals surface area contributed by atoms with Gasteiger partial charge in [-0.15, -0.1) is 0 Å². The standard InChI is InChI=1S/C10H11N3/c1-12-10-8-5-3-2-4-7(8)6-9(11)13-10/h2-6H,1H3,(H3,11,12,13). The third-order valence-electron chi connectivity index (χ3n) is 2.00. The van der Waals surface area contributed by atoms with Crippen molar-refractivity contribution in [1.29, 1.82) is 0 Å². The molecule has 0 aliphatic heterocycles. The smallest absolute Gasteiger partial charge is 0.136 e. The minimum atomic E-state index is 0.544. The number of hydrogen-bond acceptors (Lipinski definition) is 3. The Morgan fingerprint density at radius 3 is 2.85 bits per heavy atom. The van der Waals surface area contributed by atoms with E-state index in [9.17, 15) is 0 Å². The highest BCUT2D eigenvalue weighted by molar-refractivity contribution is 5.93. The molecule has 13 heavy (non-hydrogen) atoms. The second-order valence-electron chi connectivity index (χ2n) is 2.87. The molecule has 0 saturated carbocycles. The van der Waals surface area contributed by atoms with Crippen LogP contribution >= 0.6 is 0 Å². The van der Waals surface area contributed by atoms with E-state index >= 15 is 0 Å². The summed E-state index contributed by atoms with van der Waals surface area (Å²) in [7, 11) is 1.84. The fraction of sp³-hybridized carbons (Fsp3) is 0.100. The minimum Gasteiger partial charge on any atom is -0.384 e. The maximum Gasteiger partial charge on any atom is 0.136 e. The minimum absolute atomic E-state index is 0.544. The van der Waals surface area contributed by atoms with Gasteiger partial charge in [0.25, 0.3) is 0 Å². The topological polar surface area (TPSA) is 50.9 Å². The van der Waals surface area contributed by atoms with Crippen molar-refractivity contribution in [3.63, 3.8) is 0 Å². The Labute approximate surface area is 76.6 Å². The lowest BCUT2D eigenvalue weighted by molar-refractivity contribution is 1.32. The van der Waals surface area contributed by atoms with Crippen LogP contribution < -0.4 is 11.1 Å². The van der Waals surface area contributed by atoms with Crippen molar-refractivity contribution in [3.05, 3.63) is 30.3 Å². The molecule has 2 rings (SSSR count). The molecule has 0 saturated heterocycles. The highest BCUT2D eigenvalue weighted by Gasteiger charge is 2.00. The van der Waals surface area contributed by atoms with Gasteiger partial charge in [-0.25, -0.2) is 4.98 Å². The zero-order chi connectivity index (χ0) is 9.26. The number of nitrogens with one attached hydrogen (secondary N) is 1. The van der Waals surface area contributed by atoms with Crippen LogP contribution in [0.2, 0.25) is 0 Å². The van der Waals surface area contributed by atoms with Crippen molar-refractivity contribution in [2.45, 2.75) is 0 Å². The van der Waals surface area contributed by atoms with E-state index in [1.807, 2.05) is 37.4 Å². The molecule has 1 heterocycles. The normalized spacial score (nSPS) is 10.2. The van der Waals surface area contributed by atoms with E-state index in [-0.39, 0.29) is 0 Å². The maximum atomic E-state index is 5.65. The van der Waals surface area contributed by atoms with E-state index in [0.717, 1.165) is 16.6 Å². The number of aromatic nitrogens is 1. The third kappa shape index (κ3) is 1.28. The highest BCUT2D eigenvalue weighted by Crippen LogP contribution is 2.22. The summed E-state index contributed by atoms with van der Waals surface area (Å²) < 4.78 is 0. The Kier molecular flexibility index (Phi) is 1.77. The number of benzene rings is 1. The van der Waals surface area contributed by atoms with Crippen LogP contribution in [0.1, 0.15) is 0 Å². The van der Waals surface area contributed by atoms with Crippen LogP contribution in [0.15, 0.2) is 30.3 Å². The molecule has 1 aromatic heterocycles. The van der Waals surface area contributed by atoms with Crippen molar-refractivity contribution >= 4 is 22.4 Å². The first-order chi connectivity index (χ1) is 6.31. The summed E-state index contributed by atoms with van der Waals surface area (Å²) in [6, 6.07) is 9.89. The fourth-order valence-corrected chi connectivity index (χ4v) is 1.41. The van der Waals surface area contributed by atoms with E-state index in [2.05, 4.69) is 10.3 Å². The molecular formula is C10H11N3. The van der Waals surface area contributed by atoms with Crippen LogP contribution in [-0.4, -0.2) is 12.0 Å². The number of rotatable bonds is 1. The Hall–Kier alpha value is -1.77. The SMILES string of the molecule is CNc1nc(N)cc2ccccc12. The van der Waals surface area contributed by atoms with Gasteiger partial charge in [-0.3, -0.25) is 0 Å². The lowest BCUT2D eigenvalue weighted by Gasteiger charge is -2.05. The molecule has 0 unspecified atom stereocenters. The molecule has 0 bridgehead atoms. The van der Waals surface area contributed by atoms with Gasteiger partial charge in [0, 0.05) is 12.4 Å². The molecule has 3 nitrogen and oxygen atoms in total. The molecule has 0 fully saturated rings. The summed E-state index contributed by atoms with van der Waals surface area (Å²) in [5, 5.41) is 5.23. The first-order valence-corrected chi connectivity index (χ1v) is 4.14. The van der Waals surface area contributed by atoms with Gasteiger partial charge in [0.1, 0.15) is 11.6 Å². The highest BCUT2D eigenvalue weighted by atomic mass is 15.0. The summed E-state index contributed by atoms with van der Waals surface area (Å²) in [6.07, 6.45) is 0. The first kappa shape index (κ1) is 7.86. The van der Waals surface area contributed by atoms with Gasteiger partial charge >= 0.3 is 0 Å². The molecule has 0 atom stereocenters. The zero-order valence-electron chi connectivity index (χ0n) is 7.41. The lowest BCUT2D eigenvalue weighted by atomic mass is 10.1.